The summed E-state index contributed by atoms with van der Waals surface area (Å²) in [5, 5.41) is 21.2. The second-order valence-electron chi connectivity index (χ2n) is 11.6. The van der Waals surface area contributed by atoms with Crippen molar-refractivity contribution in [2.75, 3.05) is 6.61 Å². The zero-order valence-electron chi connectivity index (χ0n) is 23.5. The molecule has 3 aromatic rings. The highest BCUT2D eigenvalue weighted by molar-refractivity contribution is 5.81. The molecule has 3 aromatic carbocycles. The van der Waals surface area contributed by atoms with Crippen LogP contribution in [0.3, 0.4) is 0 Å². The number of alkyl carbamates (subject to hydrolysis) is 1. The third-order valence-electron chi connectivity index (χ3n) is 5.92. The SMILES string of the molecule is CC(C)(C)OC(C)(C)C.O=C(N[C@@H](Cc1ccc(O)cc1)C(=O)O)OCC1c2ccccc2-c2ccccc21. The Balaban J connectivity index is 0.000000403. The normalized spacial score (nSPS) is 13.4. The number of phenolic OH excluding ortho intramolecular Hbond substituents is 1. The molecule has 0 bridgehead atoms. The number of aliphatic carboxylic acids is 1. The van der Waals surface area contributed by atoms with Crippen LogP contribution >= 0.6 is 0 Å². The molecule has 39 heavy (non-hydrogen) atoms. The van der Waals surface area contributed by atoms with E-state index in [0.29, 0.717) is 5.56 Å². The average molecular weight is 534 g/mol. The van der Waals surface area contributed by atoms with Crippen LogP contribution in [0.1, 0.15) is 64.2 Å². The molecule has 0 saturated carbocycles. The lowest BCUT2D eigenvalue weighted by Gasteiger charge is -2.30. The molecule has 208 valence electrons. The number of fused-ring (bicyclic) bond motifs is 3. The third kappa shape index (κ3) is 8.86. The van der Waals surface area contributed by atoms with Crippen LogP contribution in [0.4, 0.5) is 4.79 Å². The predicted octanol–water partition coefficient (Wildman–Crippen LogP) is 6.53. The van der Waals surface area contributed by atoms with E-state index in [4.69, 9.17) is 9.47 Å². The quantitative estimate of drug-likeness (QED) is 0.333. The fourth-order valence-electron chi connectivity index (χ4n) is 4.77. The molecule has 0 heterocycles. The van der Waals surface area contributed by atoms with Gasteiger partial charge in [0.05, 0.1) is 11.2 Å². The number of ether oxygens (including phenoxy) is 2. The summed E-state index contributed by atoms with van der Waals surface area (Å²) in [5.74, 6) is -1.16. The Kier molecular flexibility index (Phi) is 9.41. The minimum absolute atomic E-state index is 0.0156. The zero-order chi connectivity index (χ0) is 28.8. The van der Waals surface area contributed by atoms with E-state index in [1.165, 1.54) is 12.1 Å². The number of carbonyl (C=O) groups is 2. The van der Waals surface area contributed by atoms with Crippen molar-refractivity contribution in [3.63, 3.8) is 0 Å². The minimum Gasteiger partial charge on any atom is -0.508 e. The maximum atomic E-state index is 12.3. The monoisotopic (exact) mass is 533 g/mol. The lowest BCUT2D eigenvalue weighted by atomic mass is 9.98. The van der Waals surface area contributed by atoms with Gasteiger partial charge in [-0.15, -0.1) is 0 Å². The van der Waals surface area contributed by atoms with Gasteiger partial charge < -0.3 is 25.0 Å². The van der Waals surface area contributed by atoms with Crippen LogP contribution in [-0.4, -0.2) is 46.1 Å². The summed E-state index contributed by atoms with van der Waals surface area (Å²) in [6.07, 6.45) is -0.692. The molecule has 1 atom stereocenters. The molecule has 0 aliphatic heterocycles. The van der Waals surface area contributed by atoms with Gasteiger partial charge in [-0.2, -0.15) is 0 Å². The summed E-state index contributed by atoms with van der Waals surface area (Å²) >= 11 is 0. The molecule has 4 rings (SSSR count). The van der Waals surface area contributed by atoms with Gasteiger partial charge in [0, 0.05) is 12.3 Å². The van der Waals surface area contributed by atoms with Crippen molar-refractivity contribution >= 4 is 12.1 Å². The van der Waals surface area contributed by atoms with Gasteiger partial charge in [0.2, 0.25) is 0 Å². The Hall–Kier alpha value is -3.84. The number of carbonyl (C=O) groups excluding carboxylic acids is 1. The van der Waals surface area contributed by atoms with Crippen LogP contribution in [0.5, 0.6) is 5.75 Å². The maximum Gasteiger partial charge on any atom is 0.407 e. The van der Waals surface area contributed by atoms with E-state index >= 15 is 0 Å². The molecule has 3 N–H and O–H groups in total. The van der Waals surface area contributed by atoms with Crippen LogP contribution in [0.2, 0.25) is 0 Å². The summed E-state index contributed by atoms with van der Waals surface area (Å²) in [4.78, 5) is 23.9. The number of phenols is 1. The Morgan fingerprint density at radius 1 is 0.821 bits per heavy atom. The van der Waals surface area contributed by atoms with Crippen molar-refractivity contribution in [1.29, 1.82) is 0 Å². The number of amides is 1. The van der Waals surface area contributed by atoms with Gasteiger partial charge >= 0.3 is 12.1 Å². The van der Waals surface area contributed by atoms with Crippen molar-refractivity contribution in [1.82, 2.24) is 5.32 Å². The Bertz CT molecular complexity index is 1210. The molecule has 0 unspecified atom stereocenters. The predicted molar refractivity (Wildman–Crippen MR) is 152 cm³/mol. The van der Waals surface area contributed by atoms with E-state index in [1.54, 1.807) is 12.1 Å². The Labute approximate surface area is 230 Å². The number of carboxylic acids is 1. The number of hydrogen-bond donors (Lipinski definition) is 3. The summed E-state index contributed by atoms with van der Waals surface area (Å²) in [6, 6.07) is 21.0. The van der Waals surface area contributed by atoms with Gasteiger partial charge in [0.1, 0.15) is 18.4 Å². The van der Waals surface area contributed by atoms with E-state index < -0.39 is 18.1 Å². The molecule has 0 saturated heterocycles. The topological polar surface area (TPSA) is 105 Å². The van der Waals surface area contributed by atoms with Gasteiger partial charge in [0.25, 0.3) is 0 Å². The molecular weight excluding hydrogens is 494 g/mol. The smallest absolute Gasteiger partial charge is 0.407 e. The Morgan fingerprint density at radius 2 is 1.31 bits per heavy atom. The van der Waals surface area contributed by atoms with Gasteiger partial charge in [-0.05, 0) is 81.5 Å². The van der Waals surface area contributed by atoms with Crippen LogP contribution in [0.15, 0.2) is 72.8 Å². The molecule has 7 nitrogen and oxygen atoms in total. The number of carboxylic acid groups (broad SMARTS) is 1. The van der Waals surface area contributed by atoms with Crippen LogP contribution < -0.4 is 5.32 Å². The molecule has 1 aliphatic rings. The van der Waals surface area contributed by atoms with E-state index in [9.17, 15) is 19.8 Å². The second kappa shape index (κ2) is 12.3. The number of benzene rings is 3. The number of hydrogen-bond acceptors (Lipinski definition) is 5. The van der Waals surface area contributed by atoms with Crippen molar-refractivity contribution in [2.45, 2.75) is 71.1 Å². The largest absolute Gasteiger partial charge is 0.508 e. The fraction of sp³-hybridized carbons (Fsp3) is 0.375. The first-order valence-electron chi connectivity index (χ1n) is 13.1. The zero-order valence-corrected chi connectivity index (χ0v) is 23.5. The maximum absolute atomic E-state index is 12.3. The molecule has 1 amide bonds. The average Bonchev–Trinajstić information content (AvgIpc) is 3.15. The van der Waals surface area contributed by atoms with Crippen molar-refractivity contribution in [3.8, 4) is 16.9 Å². The number of aromatic hydroxyl groups is 1. The van der Waals surface area contributed by atoms with Gasteiger partial charge in [-0.3, -0.25) is 0 Å². The van der Waals surface area contributed by atoms with E-state index in [0.717, 1.165) is 22.3 Å². The lowest BCUT2D eigenvalue weighted by molar-refractivity contribution is -0.139. The first kappa shape index (κ1) is 29.7. The highest BCUT2D eigenvalue weighted by Crippen LogP contribution is 2.44. The molecule has 0 fully saturated rings. The van der Waals surface area contributed by atoms with Crippen LogP contribution in [-0.2, 0) is 20.7 Å². The number of rotatable bonds is 6. The molecule has 0 spiro atoms. The van der Waals surface area contributed by atoms with Gasteiger partial charge in [-0.1, -0.05) is 60.7 Å². The van der Waals surface area contributed by atoms with Crippen molar-refractivity contribution in [2.24, 2.45) is 0 Å². The summed E-state index contributed by atoms with van der Waals surface area (Å²) in [5.41, 5.74) is 5.07. The summed E-state index contributed by atoms with van der Waals surface area (Å²) in [6.45, 7) is 12.5. The second-order valence-corrected chi connectivity index (χ2v) is 11.6. The third-order valence-corrected chi connectivity index (χ3v) is 5.92. The van der Waals surface area contributed by atoms with E-state index in [-0.39, 0.29) is 35.9 Å². The van der Waals surface area contributed by atoms with Crippen LogP contribution in [0, 0.1) is 0 Å². The number of nitrogens with one attached hydrogen (secondary N) is 1. The van der Waals surface area contributed by atoms with Gasteiger partial charge in [0.15, 0.2) is 0 Å². The van der Waals surface area contributed by atoms with E-state index in [1.807, 2.05) is 48.5 Å². The lowest BCUT2D eigenvalue weighted by Crippen LogP contribution is -2.42. The highest BCUT2D eigenvalue weighted by Gasteiger charge is 2.30. The minimum atomic E-state index is -1.16. The summed E-state index contributed by atoms with van der Waals surface area (Å²) < 4.78 is 11.0. The first-order valence-corrected chi connectivity index (χ1v) is 13.1. The molecular formula is C32H39NO6. The van der Waals surface area contributed by atoms with Crippen molar-refractivity contribution < 1.29 is 29.3 Å². The highest BCUT2D eigenvalue weighted by atomic mass is 16.5. The Morgan fingerprint density at radius 3 is 1.74 bits per heavy atom. The molecule has 1 aliphatic carbocycles. The molecule has 0 aromatic heterocycles. The molecule has 7 heteroatoms. The van der Waals surface area contributed by atoms with E-state index in [2.05, 4.69) is 46.9 Å². The standard InChI is InChI=1S/C24H21NO5.C8H18O/c26-16-11-9-15(10-12-16)13-22(23(27)28)25-24(29)30-14-21-19-7-3-1-5-17(19)18-6-2-4-8-20(18)21;1-7(2,3)9-8(4,5)6/h1-12,21-22,26H,13-14H2,(H,25,29)(H,27,28);1-6H3/t22-;/m0./s1. The molecule has 0 radical (unpaired) electrons. The van der Waals surface area contributed by atoms with Crippen molar-refractivity contribution in [3.05, 3.63) is 89.5 Å². The van der Waals surface area contributed by atoms with Crippen LogP contribution in [0.25, 0.3) is 11.1 Å². The van der Waals surface area contributed by atoms with Gasteiger partial charge in [-0.25, -0.2) is 9.59 Å². The summed E-state index contributed by atoms with van der Waals surface area (Å²) in [7, 11) is 0. The first-order chi connectivity index (χ1) is 18.2. The fourth-order valence-corrected chi connectivity index (χ4v) is 4.77.